The largest absolute Gasteiger partial charge is 0.484 e. The maximum Gasteiger partial charge on any atom is 0.276 e. The second kappa shape index (κ2) is 8.19. The second-order valence-corrected chi connectivity index (χ2v) is 5.24. The van der Waals surface area contributed by atoms with E-state index in [2.05, 4.69) is 10.9 Å². The first-order valence-electron chi connectivity index (χ1n) is 7.15. The lowest BCUT2D eigenvalue weighted by Gasteiger charge is -2.09. The van der Waals surface area contributed by atoms with Gasteiger partial charge in [0.25, 0.3) is 11.8 Å². The predicted molar refractivity (Wildman–Crippen MR) is 88.4 cm³/mol. The molecule has 0 unspecified atom stereocenters. The average Bonchev–Trinajstić information content (AvgIpc) is 2.58. The van der Waals surface area contributed by atoms with Gasteiger partial charge in [0.05, 0.1) is 0 Å². The lowest BCUT2D eigenvalue weighted by atomic mass is 10.1. The molecule has 0 radical (unpaired) electrons. The van der Waals surface area contributed by atoms with E-state index in [1.54, 1.807) is 36.4 Å². The number of hydrogen-bond donors (Lipinski definition) is 2. The zero-order valence-electron chi connectivity index (χ0n) is 12.6. The molecule has 2 N–H and O–H groups in total. The first kappa shape index (κ1) is 16.8. The van der Waals surface area contributed by atoms with Gasteiger partial charge in [0.1, 0.15) is 5.75 Å². The zero-order valence-corrected chi connectivity index (χ0v) is 13.4. The summed E-state index contributed by atoms with van der Waals surface area (Å²) in [5, 5.41) is 0.520. The standard InChI is InChI=1S/C17H17ClN2O3/c1-2-12-6-8-13(9-7-12)17(22)20-19-16(21)11-23-15-5-3-4-14(18)10-15/h3-10H,2,11H2,1H3,(H,19,21)(H,20,22). The minimum Gasteiger partial charge on any atom is -0.484 e. The second-order valence-electron chi connectivity index (χ2n) is 4.80. The van der Waals surface area contributed by atoms with E-state index in [1.807, 2.05) is 19.1 Å². The molecule has 5 nitrogen and oxygen atoms in total. The number of aryl methyl sites for hydroxylation is 1. The third-order valence-corrected chi connectivity index (χ3v) is 3.34. The molecule has 0 atom stereocenters. The van der Waals surface area contributed by atoms with E-state index in [0.717, 1.165) is 12.0 Å². The molecule has 0 spiro atoms. The van der Waals surface area contributed by atoms with Crippen LogP contribution in [0.4, 0.5) is 0 Å². The molecule has 0 saturated heterocycles. The van der Waals surface area contributed by atoms with E-state index in [4.69, 9.17) is 16.3 Å². The van der Waals surface area contributed by atoms with Gasteiger partial charge in [-0.15, -0.1) is 0 Å². The van der Waals surface area contributed by atoms with Crippen LogP contribution < -0.4 is 15.6 Å². The molecule has 0 aromatic heterocycles. The fraction of sp³-hybridized carbons (Fsp3) is 0.176. The Balaban J connectivity index is 1.78. The van der Waals surface area contributed by atoms with Gasteiger partial charge in [-0.05, 0) is 42.3 Å². The molecule has 6 heteroatoms. The van der Waals surface area contributed by atoms with Crippen molar-refractivity contribution in [1.29, 1.82) is 0 Å². The highest BCUT2D eigenvalue weighted by Crippen LogP contribution is 2.16. The molecule has 0 bridgehead atoms. The lowest BCUT2D eigenvalue weighted by molar-refractivity contribution is -0.123. The van der Waals surface area contributed by atoms with Crippen molar-refractivity contribution < 1.29 is 14.3 Å². The molecular weight excluding hydrogens is 316 g/mol. The molecule has 2 aromatic carbocycles. The summed E-state index contributed by atoms with van der Waals surface area (Å²) in [4.78, 5) is 23.5. The molecule has 2 aromatic rings. The van der Waals surface area contributed by atoms with Gasteiger partial charge in [0.15, 0.2) is 6.61 Å². The Kier molecular flexibility index (Phi) is 6.00. The molecule has 2 rings (SSSR count). The van der Waals surface area contributed by atoms with Gasteiger partial charge in [0, 0.05) is 10.6 Å². The Morgan fingerprint density at radius 1 is 1.09 bits per heavy atom. The van der Waals surface area contributed by atoms with Crippen LogP contribution >= 0.6 is 11.6 Å². The van der Waals surface area contributed by atoms with Crippen LogP contribution in [-0.2, 0) is 11.2 Å². The number of carbonyl (C=O) groups is 2. The number of ether oxygens (including phenoxy) is 1. The Bertz CT molecular complexity index is 686. The van der Waals surface area contributed by atoms with Gasteiger partial charge in [0.2, 0.25) is 0 Å². The summed E-state index contributed by atoms with van der Waals surface area (Å²) in [6.07, 6.45) is 0.902. The minimum atomic E-state index is -0.469. The number of hydrogen-bond acceptors (Lipinski definition) is 3. The lowest BCUT2D eigenvalue weighted by Crippen LogP contribution is -2.43. The molecule has 0 aliphatic rings. The Morgan fingerprint density at radius 3 is 2.48 bits per heavy atom. The molecule has 2 amide bonds. The summed E-state index contributed by atoms with van der Waals surface area (Å²) >= 11 is 5.81. The molecule has 0 heterocycles. The quantitative estimate of drug-likeness (QED) is 0.827. The number of nitrogens with one attached hydrogen (secondary N) is 2. The summed E-state index contributed by atoms with van der Waals surface area (Å²) < 4.78 is 5.27. The number of benzene rings is 2. The molecular formula is C17H17ClN2O3. The molecule has 0 aliphatic heterocycles. The summed E-state index contributed by atoms with van der Waals surface area (Å²) in [5.41, 5.74) is 6.25. The van der Waals surface area contributed by atoms with Crippen molar-refractivity contribution >= 4 is 23.4 Å². The van der Waals surface area contributed by atoms with E-state index >= 15 is 0 Å². The van der Waals surface area contributed by atoms with E-state index in [0.29, 0.717) is 16.3 Å². The first-order chi connectivity index (χ1) is 11.1. The smallest absolute Gasteiger partial charge is 0.276 e. The number of hydrazine groups is 1. The van der Waals surface area contributed by atoms with Crippen LogP contribution in [0, 0.1) is 0 Å². The van der Waals surface area contributed by atoms with Crippen LogP contribution in [0.2, 0.25) is 5.02 Å². The summed E-state index contributed by atoms with van der Waals surface area (Å²) in [5.74, 6) is -0.374. The first-order valence-corrected chi connectivity index (χ1v) is 7.52. The zero-order chi connectivity index (χ0) is 16.7. The van der Waals surface area contributed by atoms with Crippen LogP contribution in [0.3, 0.4) is 0 Å². The third kappa shape index (κ3) is 5.30. The molecule has 23 heavy (non-hydrogen) atoms. The predicted octanol–water partition coefficient (Wildman–Crippen LogP) is 2.74. The van der Waals surface area contributed by atoms with Gasteiger partial charge < -0.3 is 4.74 Å². The fourth-order valence-electron chi connectivity index (χ4n) is 1.83. The van der Waals surface area contributed by atoms with Crippen LogP contribution in [-0.4, -0.2) is 18.4 Å². The van der Waals surface area contributed by atoms with E-state index in [1.165, 1.54) is 0 Å². The molecule has 0 aliphatic carbocycles. The van der Waals surface area contributed by atoms with Crippen molar-refractivity contribution in [2.24, 2.45) is 0 Å². The van der Waals surface area contributed by atoms with Gasteiger partial charge in [-0.1, -0.05) is 36.7 Å². The molecule has 120 valence electrons. The summed E-state index contributed by atoms with van der Waals surface area (Å²) in [7, 11) is 0. The third-order valence-electron chi connectivity index (χ3n) is 3.11. The Hall–Kier alpha value is -2.53. The number of rotatable bonds is 5. The van der Waals surface area contributed by atoms with E-state index < -0.39 is 5.91 Å². The molecule has 0 fully saturated rings. The van der Waals surface area contributed by atoms with Crippen molar-refractivity contribution in [2.75, 3.05) is 6.61 Å². The highest BCUT2D eigenvalue weighted by Gasteiger charge is 2.08. The van der Waals surface area contributed by atoms with E-state index in [-0.39, 0.29) is 12.5 Å². The van der Waals surface area contributed by atoms with Gasteiger partial charge in [-0.3, -0.25) is 20.4 Å². The van der Waals surface area contributed by atoms with Crippen molar-refractivity contribution in [3.63, 3.8) is 0 Å². The number of amides is 2. The normalized spacial score (nSPS) is 10.0. The number of halogens is 1. The van der Waals surface area contributed by atoms with Gasteiger partial charge in [-0.2, -0.15) is 0 Å². The van der Waals surface area contributed by atoms with Crippen LogP contribution in [0.15, 0.2) is 48.5 Å². The highest BCUT2D eigenvalue weighted by molar-refractivity contribution is 6.30. The summed E-state index contributed by atoms with van der Waals surface area (Å²) in [6, 6.07) is 13.9. The Labute approximate surface area is 139 Å². The monoisotopic (exact) mass is 332 g/mol. The van der Waals surface area contributed by atoms with E-state index in [9.17, 15) is 9.59 Å². The van der Waals surface area contributed by atoms with Crippen LogP contribution in [0.25, 0.3) is 0 Å². The Morgan fingerprint density at radius 2 is 1.83 bits per heavy atom. The highest BCUT2D eigenvalue weighted by atomic mass is 35.5. The van der Waals surface area contributed by atoms with Crippen LogP contribution in [0.5, 0.6) is 5.75 Å². The minimum absolute atomic E-state index is 0.227. The van der Waals surface area contributed by atoms with Gasteiger partial charge >= 0.3 is 0 Å². The van der Waals surface area contributed by atoms with Gasteiger partial charge in [-0.25, -0.2) is 0 Å². The fourth-order valence-corrected chi connectivity index (χ4v) is 2.01. The molecule has 0 saturated carbocycles. The topological polar surface area (TPSA) is 67.4 Å². The maximum atomic E-state index is 11.9. The van der Waals surface area contributed by atoms with Crippen molar-refractivity contribution in [1.82, 2.24) is 10.9 Å². The SMILES string of the molecule is CCc1ccc(C(=O)NNC(=O)COc2cccc(Cl)c2)cc1. The van der Waals surface area contributed by atoms with Crippen molar-refractivity contribution in [3.8, 4) is 5.75 Å². The maximum absolute atomic E-state index is 11.9. The van der Waals surface area contributed by atoms with Crippen molar-refractivity contribution in [3.05, 3.63) is 64.7 Å². The summed E-state index contributed by atoms with van der Waals surface area (Å²) in [6.45, 7) is 1.81. The van der Waals surface area contributed by atoms with Crippen molar-refractivity contribution in [2.45, 2.75) is 13.3 Å². The average molecular weight is 333 g/mol. The number of carbonyl (C=O) groups excluding carboxylic acids is 2. The van der Waals surface area contributed by atoms with Crippen LogP contribution in [0.1, 0.15) is 22.8 Å².